The highest BCUT2D eigenvalue weighted by molar-refractivity contribution is 5.74. The molecule has 6 heteroatoms. The van der Waals surface area contributed by atoms with Gasteiger partial charge in [0.2, 0.25) is 5.82 Å². The maximum atomic E-state index is 13.8. The van der Waals surface area contributed by atoms with Crippen LogP contribution in [0.25, 0.3) is 0 Å². The Bertz CT molecular complexity index is 532. The van der Waals surface area contributed by atoms with E-state index in [9.17, 15) is 18.7 Å². The number of halogens is 2. The maximum Gasteiger partial charge on any atom is 0.333 e. The van der Waals surface area contributed by atoms with Crippen LogP contribution in [0.2, 0.25) is 0 Å². The van der Waals surface area contributed by atoms with E-state index in [-0.39, 0.29) is 17.8 Å². The van der Waals surface area contributed by atoms with Crippen molar-refractivity contribution in [3.05, 3.63) is 29.3 Å². The monoisotopic (exact) mass is 286 g/mol. The van der Waals surface area contributed by atoms with Gasteiger partial charge < -0.3 is 14.6 Å². The quantitative estimate of drug-likeness (QED) is 0.928. The van der Waals surface area contributed by atoms with Gasteiger partial charge in [-0.15, -0.1) is 0 Å². The molecule has 1 aliphatic heterocycles. The lowest BCUT2D eigenvalue weighted by Gasteiger charge is -2.21. The van der Waals surface area contributed by atoms with E-state index in [0.29, 0.717) is 5.56 Å². The molecule has 1 saturated heterocycles. The van der Waals surface area contributed by atoms with Gasteiger partial charge in [0.1, 0.15) is 0 Å². The summed E-state index contributed by atoms with van der Waals surface area (Å²) in [6.07, 6.45) is -1.39. The van der Waals surface area contributed by atoms with Crippen LogP contribution in [0.4, 0.5) is 8.78 Å². The highest BCUT2D eigenvalue weighted by atomic mass is 19.2. The van der Waals surface area contributed by atoms with Crippen molar-refractivity contribution in [1.29, 1.82) is 0 Å². The third-order valence-electron chi connectivity index (χ3n) is 3.88. The second kappa shape index (κ2) is 5.36. The van der Waals surface area contributed by atoms with Crippen LogP contribution in [0.15, 0.2) is 12.1 Å². The summed E-state index contributed by atoms with van der Waals surface area (Å²) in [5.41, 5.74) is 0.315. The lowest BCUT2D eigenvalue weighted by atomic mass is 9.82. The zero-order valence-electron chi connectivity index (χ0n) is 11.4. The fourth-order valence-corrected chi connectivity index (χ4v) is 2.68. The summed E-state index contributed by atoms with van der Waals surface area (Å²) in [7, 11) is 1.22. The van der Waals surface area contributed by atoms with Crippen molar-refractivity contribution in [3.8, 4) is 5.75 Å². The van der Waals surface area contributed by atoms with Crippen molar-refractivity contribution in [3.63, 3.8) is 0 Å². The van der Waals surface area contributed by atoms with Crippen LogP contribution in [-0.2, 0) is 9.53 Å². The van der Waals surface area contributed by atoms with Gasteiger partial charge >= 0.3 is 5.97 Å². The zero-order chi connectivity index (χ0) is 15.0. The lowest BCUT2D eigenvalue weighted by molar-refractivity contribution is -0.149. The van der Waals surface area contributed by atoms with E-state index in [1.165, 1.54) is 13.2 Å². The largest absolute Gasteiger partial charge is 0.493 e. The van der Waals surface area contributed by atoms with Gasteiger partial charge in [0, 0.05) is 11.5 Å². The Morgan fingerprint density at radius 3 is 2.55 bits per heavy atom. The van der Waals surface area contributed by atoms with Gasteiger partial charge in [0.05, 0.1) is 13.2 Å². The topological polar surface area (TPSA) is 55.8 Å². The zero-order valence-corrected chi connectivity index (χ0v) is 11.4. The van der Waals surface area contributed by atoms with Gasteiger partial charge in [-0.1, -0.05) is 13.0 Å². The van der Waals surface area contributed by atoms with Crippen molar-refractivity contribution in [2.24, 2.45) is 5.92 Å². The van der Waals surface area contributed by atoms with E-state index in [1.54, 1.807) is 6.92 Å². The number of carboxylic acids is 1. The molecule has 0 saturated carbocycles. The molecule has 1 fully saturated rings. The molecule has 0 aliphatic carbocycles. The molecule has 1 aliphatic rings. The van der Waals surface area contributed by atoms with E-state index >= 15 is 0 Å². The minimum Gasteiger partial charge on any atom is -0.493 e. The molecule has 20 heavy (non-hydrogen) atoms. The number of carboxylic acid groups (broad SMARTS) is 1. The van der Waals surface area contributed by atoms with Crippen LogP contribution in [0.3, 0.4) is 0 Å². The highest BCUT2D eigenvalue weighted by Crippen LogP contribution is 2.44. The Balaban J connectivity index is 2.54. The summed E-state index contributed by atoms with van der Waals surface area (Å²) < 4.78 is 37.4. The molecular weight excluding hydrogens is 270 g/mol. The van der Waals surface area contributed by atoms with Crippen molar-refractivity contribution in [1.82, 2.24) is 0 Å². The highest BCUT2D eigenvalue weighted by Gasteiger charge is 2.46. The van der Waals surface area contributed by atoms with Gasteiger partial charge in [-0.25, -0.2) is 9.18 Å². The van der Waals surface area contributed by atoms with E-state index < -0.39 is 29.6 Å². The van der Waals surface area contributed by atoms with Crippen molar-refractivity contribution in [2.45, 2.75) is 32.0 Å². The van der Waals surface area contributed by atoms with Crippen LogP contribution in [-0.4, -0.2) is 30.4 Å². The molecule has 4 atom stereocenters. The number of methoxy groups -OCH3 is 1. The molecule has 1 heterocycles. The van der Waals surface area contributed by atoms with E-state index in [2.05, 4.69) is 0 Å². The second-order valence-electron chi connectivity index (χ2n) is 4.97. The first-order valence-electron chi connectivity index (χ1n) is 6.28. The van der Waals surface area contributed by atoms with Crippen LogP contribution in [0, 0.1) is 17.6 Å². The van der Waals surface area contributed by atoms with Crippen LogP contribution in [0.5, 0.6) is 5.75 Å². The molecule has 4 nitrogen and oxygen atoms in total. The fraction of sp³-hybridized carbons (Fsp3) is 0.500. The summed E-state index contributed by atoms with van der Waals surface area (Å²) in [6.45, 7) is 3.58. The van der Waals surface area contributed by atoms with Crippen LogP contribution < -0.4 is 4.74 Å². The Kier molecular flexibility index (Phi) is 3.94. The third-order valence-corrected chi connectivity index (χ3v) is 3.88. The molecule has 0 amide bonds. The fourth-order valence-electron chi connectivity index (χ4n) is 2.68. The van der Waals surface area contributed by atoms with Crippen molar-refractivity contribution in [2.75, 3.05) is 7.11 Å². The Hall–Kier alpha value is -1.69. The van der Waals surface area contributed by atoms with Gasteiger partial charge in [-0.2, -0.15) is 4.39 Å². The van der Waals surface area contributed by atoms with E-state index in [4.69, 9.17) is 9.47 Å². The third kappa shape index (κ3) is 2.24. The summed E-state index contributed by atoms with van der Waals surface area (Å²) >= 11 is 0. The Labute approximate surface area is 115 Å². The molecule has 0 aromatic heterocycles. The number of hydrogen-bond donors (Lipinski definition) is 1. The van der Waals surface area contributed by atoms with Gasteiger partial charge in [-0.3, -0.25) is 0 Å². The lowest BCUT2D eigenvalue weighted by Crippen LogP contribution is -2.27. The van der Waals surface area contributed by atoms with Gasteiger partial charge in [-0.05, 0) is 18.9 Å². The van der Waals surface area contributed by atoms with E-state index in [1.807, 2.05) is 6.92 Å². The Morgan fingerprint density at radius 1 is 1.35 bits per heavy atom. The standard InChI is InChI=1S/C14H16F2O4/c1-6-7(2)20-13(14(17)18)10(6)8-4-5-9(15)11(16)12(8)19-3/h4-7,10,13H,1-3H3,(H,17,18)/t6-,7-,10+,13-/m1/s1. The van der Waals surface area contributed by atoms with Gasteiger partial charge in [0.25, 0.3) is 0 Å². The molecule has 0 unspecified atom stereocenters. The molecule has 1 N–H and O–H groups in total. The summed E-state index contributed by atoms with van der Waals surface area (Å²) in [6, 6.07) is 2.33. The van der Waals surface area contributed by atoms with E-state index in [0.717, 1.165) is 6.07 Å². The number of aliphatic carboxylic acids is 1. The molecule has 1 aromatic rings. The number of rotatable bonds is 3. The van der Waals surface area contributed by atoms with Crippen molar-refractivity contribution < 1.29 is 28.2 Å². The average molecular weight is 286 g/mol. The first-order valence-corrected chi connectivity index (χ1v) is 6.28. The van der Waals surface area contributed by atoms with Crippen LogP contribution in [0.1, 0.15) is 25.3 Å². The smallest absolute Gasteiger partial charge is 0.333 e. The molecule has 0 spiro atoms. The molecule has 0 bridgehead atoms. The Morgan fingerprint density at radius 2 is 2.00 bits per heavy atom. The summed E-state index contributed by atoms with van der Waals surface area (Å²) in [5, 5.41) is 9.23. The molecular formula is C14H16F2O4. The molecule has 2 rings (SSSR count). The first kappa shape index (κ1) is 14.7. The predicted molar refractivity (Wildman–Crippen MR) is 66.8 cm³/mol. The minimum atomic E-state index is -1.13. The number of ether oxygens (including phenoxy) is 2. The van der Waals surface area contributed by atoms with Crippen molar-refractivity contribution >= 4 is 5.97 Å². The predicted octanol–water partition coefficient (Wildman–Crippen LogP) is 2.57. The normalized spacial score (nSPS) is 29.4. The number of benzene rings is 1. The first-order chi connectivity index (χ1) is 9.38. The minimum absolute atomic E-state index is 0.158. The number of carbonyl (C=O) groups is 1. The second-order valence-corrected chi connectivity index (χ2v) is 4.97. The summed E-state index contributed by atoms with van der Waals surface area (Å²) in [4.78, 5) is 11.3. The molecule has 110 valence electrons. The molecule has 1 aromatic carbocycles. The van der Waals surface area contributed by atoms with Crippen LogP contribution >= 0.6 is 0 Å². The summed E-state index contributed by atoms with van der Waals surface area (Å²) in [5.74, 6) is -4.27. The SMILES string of the molecule is COc1c([C@@H]2[C@H](C)[C@@H](C)O[C@H]2C(=O)O)ccc(F)c1F. The maximum absolute atomic E-state index is 13.8. The average Bonchev–Trinajstić information content (AvgIpc) is 2.69. The molecule has 0 radical (unpaired) electrons. The van der Waals surface area contributed by atoms with Gasteiger partial charge in [0.15, 0.2) is 17.7 Å². The number of hydrogen-bond acceptors (Lipinski definition) is 3.